The average Bonchev–Trinajstić information content (AvgIpc) is 3.05. The van der Waals surface area contributed by atoms with Crippen molar-refractivity contribution in [3.05, 3.63) is 33.9 Å². The van der Waals surface area contributed by atoms with E-state index in [-0.39, 0.29) is 23.7 Å². The second-order valence-electron chi connectivity index (χ2n) is 5.01. The van der Waals surface area contributed by atoms with Gasteiger partial charge in [0.05, 0.1) is 11.5 Å². The number of rotatable bonds is 5. The van der Waals surface area contributed by atoms with E-state index in [0.29, 0.717) is 5.69 Å². The molecule has 1 aliphatic heterocycles. The SMILES string of the molecule is CNC(=O)CNC(=O)c1ccc(N2CCCC2)c([N+](=O)[O-])c1. The monoisotopic (exact) mass is 306 g/mol. The van der Waals surface area contributed by atoms with Crippen LogP contribution in [0.4, 0.5) is 11.4 Å². The number of nitrogens with zero attached hydrogens (tertiary/aromatic N) is 2. The second kappa shape index (κ2) is 6.88. The van der Waals surface area contributed by atoms with Gasteiger partial charge in [0, 0.05) is 31.8 Å². The van der Waals surface area contributed by atoms with Gasteiger partial charge >= 0.3 is 0 Å². The Labute approximate surface area is 127 Å². The quantitative estimate of drug-likeness (QED) is 0.614. The Morgan fingerprint density at radius 1 is 1.32 bits per heavy atom. The number of nitro groups is 1. The van der Waals surface area contributed by atoms with Crippen LogP contribution in [0.1, 0.15) is 23.2 Å². The first-order valence-electron chi connectivity index (χ1n) is 7.05. The minimum Gasteiger partial charge on any atom is -0.366 e. The fourth-order valence-corrected chi connectivity index (χ4v) is 2.39. The van der Waals surface area contributed by atoms with Crippen LogP contribution in [0.3, 0.4) is 0 Å². The molecule has 0 spiro atoms. The average molecular weight is 306 g/mol. The molecule has 1 heterocycles. The summed E-state index contributed by atoms with van der Waals surface area (Å²) in [7, 11) is 1.46. The zero-order chi connectivity index (χ0) is 16.1. The molecule has 1 fully saturated rings. The molecule has 1 saturated heterocycles. The van der Waals surface area contributed by atoms with Crippen LogP contribution in [-0.2, 0) is 4.79 Å². The van der Waals surface area contributed by atoms with E-state index in [1.807, 2.05) is 4.90 Å². The van der Waals surface area contributed by atoms with Gasteiger partial charge in [0.1, 0.15) is 5.69 Å². The highest BCUT2D eigenvalue weighted by atomic mass is 16.6. The maximum atomic E-state index is 11.9. The number of hydrogen-bond acceptors (Lipinski definition) is 5. The Kier molecular flexibility index (Phi) is 4.92. The van der Waals surface area contributed by atoms with Gasteiger partial charge in [0.25, 0.3) is 11.6 Å². The maximum absolute atomic E-state index is 11.9. The number of likely N-dealkylation sites (N-methyl/N-ethyl adjacent to an activating group) is 1. The van der Waals surface area contributed by atoms with Crippen molar-refractivity contribution in [1.82, 2.24) is 10.6 Å². The summed E-state index contributed by atoms with van der Waals surface area (Å²) in [6.45, 7) is 1.39. The summed E-state index contributed by atoms with van der Waals surface area (Å²) in [5.41, 5.74) is 0.610. The molecule has 0 unspecified atom stereocenters. The van der Waals surface area contributed by atoms with Crippen LogP contribution in [0, 0.1) is 10.1 Å². The molecule has 22 heavy (non-hydrogen) atoms. The largest absolute Gasteiger partial charge is 0.366 e. The standard InChI is InChI=1S/C14H18N4O4/c1-15-13(19)9-16-14(20)10-4-5-11(12(8-10)18(21)22)17-6-2-3-7-17/h4-5,8H,2-3,6-7,9H2,1H3,(H,15,19)(H,16,20). The van der Waals surface area contributed by atoms with Crippen molar-refractivity contribution in [1.29, 1.82) is 0 Å². The zero-order valence-corrected chi connectivity index (χ0v) is 12.3. The molecular formula is C14H18N4O4. The first-order valence-corrected chi connectivity index (χ1v) is 7.05. The summed E-state index contributed by atoms with van der Waals surface area (Å²) in [6.07, 6.45) is 2.01. The van der Waals surface area contributed by atoms with Gasteiger partial charge < -0.3 is 15.5 Å². The smallest absolute Gasteiger partial charge is 0.293 e. The Balaban J connectivity index is 2.19. The fraction of sp³-hybridized carbons (Fsp3) is 0.429. The van der Waals surface area contributed by atoms with Gasteiger partial charge in [-0.15, -0.1) is 0 Å². The summed E-state index contributed by atoms with van der Waals surface area (Å²) in [6, 6.07) is 4.39. The molecular weight excluding hydrogens is 288 g/mol. The van der Waals surface area contributed by atoms with Crippen LogP contribution in [-0.4, -0.2) is 43.4 Å². The van der Waals surface area contributed by atoms with E-state index < -0.39 is 10.8 Å². The summed E-state index contributed by atoms with van der Waals surface area (Å²) >= 11 is 0. The van der Waals surface area contributed by atoms with Gasteiger partial charge in [-0.05, 0) is 25.0 Å². The van der Waals surface area contributed by atoms with Crippen LogP contribution in [0.2, 0.25) is 0 Å². The van der Waals surface area contributed by atoms with Crippen molar-refractivity contribution in [3.8, 4) is 0 Å². The molecule has 2 rings (SSSR count). The molecule has 0 bridgehead atoms. The van der Waals surface area contributed by atoms with Crippen LogP contribution in [0.25, 0.3) is 0 Å². The van der Waals surface area contributed by atoms with Crippen LogP contribution >= 0.6 is 0 Å². The summed E-state index contributed by atoms with van der Waals surface area (Å²) in [4.78, 5) is 35.8. The molecule has 0 saturated carbocycles. The number of carbonyl (C=O) groups is 2. The summed E-state index contributed by atoms with van der Waals surface area (Å²) in [5, 5.41) is 16.0. The number of nitro benzene ring substituents is 1. The van der Waals surface area contributed by atoms with Gasteiger partial charge in [0.2, 0.25) is 5.91 Å². The molecule has 1 aliphatic rings. The molecule has 8 nitrogen and oxygen atoms in total. The van der Waals surface area contributed by atoms with E-state index in [2.05, 4.69) is 10.6 Å². The van der Waals surface area contributed by atoms with Crippen molar-refractivity contribution < 1.29 is 14.5 Å². The van der Waals surface area contributed by atoms with Gasteiger partial charge in [-0.1, -0.05) is 0 Å². The zero-order valence-electron chi connectivity index (χ0n) is 12.3. The maximum Gasteiger partial charge on any atom is 0.293 e. The van der Waals surface area contributed by atoms with Crippen molar-refractivity contribution >= 4 is 23.2 Å². The van der Waals surface area contributed by atoms with E-state index in [0.717, 1.165) is 25.9 Å². The third kappa shape index (κ3) is 3.51. The van der Waals surface area contributed by atoms with Gasteiger partial charge in [0.15, 0.2) is 0 Å². The molecule has 0 aliphatic carbocycles. The van der Waals surface area contributed by atoms with Gasteiger partial charge in [-0.2, -0.15) is 0 Å². The predicted molar refractivity (Wildman–Crippen MR) is 80.9 cm³/mol. The molecule has 8 heteroatoms. The van der Waals surface area contributed by atoms with Crippen LogP contribution < -0.4 is 15.5 Å². The molecule has 0 aromatic heterocycles. The van der Waals surface area contributed by atoms with E-state index >= 15 is 0 Å². The lowest BCUT2D eigenvalue weighted by molar-refractivity contribution is -0.384. The predicted octanol–water partition coefficient (Wildman–Crippen LogP) is 0.671. The minimum atomic E-state index is -0.514. The molecule has 118 valence electrons. The Hall–Kier alpha value is -2.64. The fourth-order valence-electron chi connectivity index (χ4n) is 2.39. The highest BCUT2D eigenvalue weighted by Crippen LogP contribution is 2.31. The Morgan fingerprint density at radius 2 is 2.00 bits per heavy atom. The topological polar surface area (TPSA) is 105 Å². The van der Waals surface area contributed by atoms with Gasteiger partial charge in [-0.3, -0.25) is 19.7 Å². The lowest BCUT2D eigenvalue weighted by atomic mass is 10.1. The number of amides is 2. The molecule has 2 N–H and O–H groups in total. The van der Waals surface area contributed by atoms with E-state index in [9.17, 15) is 19.7 Å². The third-order valence-corrected chi connectivity index (χ3v) is 3.57. The number of benzene rings is 1. The Bertz CT molecular complexity index is 597. The van der Waals surface area contributed by atoms with Gasteiger partial charge in [-0.25, -0.2) is 0 Å². The lowest BCUT2D eigenvalue weighted by Crippen LogP contribution is -2.35. The first kappa shape index (κ1) is 15.7. The summed E-state index contributed by atoms with van der Waals surface area (Å²) in [5.74, 6) is -0.851. The van der Waals surface area contributed by atoms with E-state index in [1.54, 1.807) is 12.1 Å². The molecule has 0 atom stereocenters. The number of hydrogen-bond donors (Lipinski definition) is 2. The first-order chi connectivity index (χ1) is 10.5. The van der Waals surface area contributed by atoms with Crippen molar-refractivity contribution in [2.45, 2.75) is 12.8 Å². The van der Waals surface area contributed by atoms with E-state index in [4.69, 9.17) is 0 Å². The molecule has 0 radical (unpaired) electrons. The minimum absolute atomic E-state index is 0.0884. The van der Waals surface area contributed by atoms with Crippen molar-refractivity contribution in [2.24, 2.45) is 0 Å². The van der Waals surface area contributed by atoms with Crippen molar-refractivity contribution in [3.63, 3.8) is 0 Å². The number of carbonyl (C=O) groups excluding carboxylic acids is 2. The van der Waals surface area contributed by atoms with Crippen LogP contribution in [0.15, 0.2) is 18.2 Å². The molecule has 1 aromatic carbocycles. The van der Waals surface area contributed by atoms with Crippen molar-refractivity contribution in [2.75, 3.05) is 31.6 Å². The second-order valence-corrected chi connectivity index (χ2v) is 5.01. The van der Waals surface area contributed by atoms with E-state index in [1.165, 1.54) is 13.1 Å². The highest BCUT2D eigenvalue weighted by Gasteiger charge is 2.23. The number of anilines is 1. The summed E-state index contributed by atoms with van der Waals surface area (Å²) < 4.78 is 0. The lowest BCUT2D eigenvalue weighted by Gasteiger charge is -2.17. The third-order valence-electron chi connectivity index (χ3n) is 3.57. The van der Waals surface area contributed by atoms with Crippen LogP contribution in [0.5, 0.6) is 0 Å². The normalized spacial score (nSPS) is 13.8. The highest BCUT2D eigenvalue weighted by molar-refractivity contribution is 5.97. The molecule has 2 amide bonds. The molecule has 1 aromatic rings. The Morgan fingerprint density at radius 3 is 2.59 bits per heavy atom. The number of nitrogens with one attached hydrogen (secondary N) is 2.